The highest BCUT2D eigenvalue weighted by Gasteiger charge is 2.26. The SMILES string of the molecule is CCCCN1CCC(NS(=O)(=O)C[C@@H]2CCCCO2)CC1. The van der Waals surface area contributed by atoms with Crippen LogP contribution >= 0.6 is 0 Å². The average Bonchev–Trinajstić information content (AvgIpc) is 2.47. The van der Waals surface area contributed by atoms with Crippen molar-refractivity contribution in [2.24, 2.45) is 0 Å². The fourth-order valence-corrected chi connectivity index (χ4v) is 4.73. The van der Waals surface area contributed by atoms with Gasteiger partial charge in [0.25, 0.3) is 0 Å². The van der Waals surface area contributed by atoms with Gasteiger partial charge in [-0.05, 0) is 58.2 Å². The van der Waals surface area contributed by atoms with Crippen LogP contribution in [0.3, 0.4) is 0 Å². The zero-order valence-corrected chi connectivity index (χ0v) is 14.0. The summed E-state index contributed by atoms with van der Waals surface area (Å²) in [7, 11) is -3.21. The van der Waals surface area contributed by atoms with Gasteiger partial charge in [-0.2, -0.15) is 0 Å². The van der Waals surface area contributed by atoms with Crippen molar-refractivity contribution in [1.82, 2.24) is 9.62 Å². The van der Waals surface area contributed by atoms with E-state index in [1.807, 2.05) is 0 Å². The predicted molar refractivity (Wildman–Crippen MR) is 84.9 cm³/mol. The first-order valence-corrected chi connectivity index (χ1v) is 10.1. The second kappa shape index (κ2) is 8.46. The lowest BCUT2D eigenvalue weighted by atomic mass is 10.1. The molecule has 0 radical (unpaired) electrons. The molecule has 0 bridgehead atoms. The average molecular weight is 318 g/mol. The minimum Gasteiger partial charge on any atom is -0.377 e. The second-order valence-electron chi connectivity index (χ2n) is 6.36. The zero-order chi connectivity index (χ0) is 15.1. The molecule has 2 saturated heterocycles. The third-order valence-electron chi connectivity index (χ3n) is 4.44. The van der Waals surface area contributed by atoms with Crippen LogP contribution in [0.15, 0.2) is 0 Å². The van der Waals surface area contributed by atoms with Crippen molar-refractivity contribution < 1.29 is 13.2 Å². The van der Waals surface area contributed by atoms with Crippen LogP contribution in [0.1, 0.15) is 51.9 Å². The molecule has 124 valence electrons. The first-order chi connectivity index (χ1) is 10.1. The molecule has 0 aromatic rings. The highest BCUT2D eigenvalue weighted by atomic mass is 32.2. The largest absolute Gasteiger partial charge is 0.377 e. The van der Waals surface area contributed by atoms with Crippen molar-refractivity contribution in [3.63, 3.8) is 0 Å². The van der Waals surface area contributed by atoms with E-state index in [0.717, 1.165) is 51.7 Å². The lowest BCUT2D eigenvalue weighted by Gasteiger charge is -2.32. The molecule has 0 amide bonds. The maximum absolute atomic E-state index is 12.2. The van der Waals surface area contributed by atoms with Gasteiger partial charge in [0.1, 0.15) is 0 Å². The molecule has 5 nitrogen and oxygen atoms in total. The first-order valence-electron chi connectivity index (χ1n) is 8.43. The summed E-state index contributed by atoms with van der Waals surface area (Å²) >= 11 is 0. The van der Waals surface area contributed by atoms with E-state index in [0.29, 0.717) is 6.61 Å². The summed E-state index contributed by atoms with van der Waals surface area (Å²) < 4.78 is 32.9. The third-order valence-corrected chi connectivity index (χ3v) is 5.94. The molecule has 2 aliphatic heterocycles. The lowest BCUT2D eigenvalue weighted by Crippen LogP contribution is -2.46. The lowest BCUT2D eigenvalue weighted by molar-refractivity contribution is 0.0303. The molecule has 2 aliphatic rings. The topological polar surface area (TPSA) is 58.6 Å². The monoisotopic (exact) mass is 318 g/mol. The quantitative estimate of drug-likeness (QED) is 0.777. The normalized spacial score (nSPS) is 26.0. The fourth-order valence-electron chi connectivity index (χ4n) is 3.14. The second-order valence-corrected chi connectivity index (χ2v) is 8.16. The molecule has 0 aromatic carbocycles. The first kappa shape index (κ1) is 17.2. The van der Waals surface area contributed by atoms with Gasteiger partial charge in [0, 0.05) is 12.6 Å². The number of rotatable bonds is 7. The third kappa shape index (κ3) is 6.22. The van der Waals surface area contributed by atoms with Crippen LogP contribution in [0.5, 0.6) is 0 Å². The van der Waals surface area contributed by atoms with Crippen molar-refractivity contribution in [3.05, 3.63) is 0 Å². The Morgan fingerprint density at radius 1 is 1.19 bits per heavy atom. The van der Waals surface area contributed by atoms with Crippen LogP contribution in [0.2, 0.25) is 0 Å². The van der Waals surface area contributed by atoms with Crippen molar-refractivity contribution in [1.29, 1.82) is 0 Å². The minimum absolute atomic E-state index is 0.108. The van der Waals surface area contributed by atoms with E-state index >= 15 is 0 Å². The molecular weight excluding hydrogens is 288 g/mol. The van der Waals surface area contributed by atoms with Crippen LogP contribution in [-0.4, -0.2) is 57.5 Å². The number of likely N-dealkylation sites (tertiary alicyclic amines) is 1. The van der Waals surface area contributed by atoms with Gasteiger partial charge in [0.15, 0.2) is 0 Å². The van der Waals surface area contributed by atoms with E-state index in [9.17, 15) is 8.42 Å². The summed E-state index contributed by atoms with van der Waals surface area (Å²) in [4.78, 5) is 2.44. The van der Waals surface area contributed by atoms with Crippen LogP contribution in [0, 0.1) is 0 Å². The van der Waals surface area contributed by atoms with E-state index in [-0.39, 0.29) is 17.9 Å². The Morgan fingerprint density at radius 2 is 1.95 bits per heavy atom. The maximum atomic E-state index is 12.2. The number of nitrogens with zero attached hydrogens (tertiary/aromatic N) is 1. The summed E-state index contributed by atoms with van der Waals surface area (Å²) in [5, 5.41) is 0. The summed E-state index contributed by atoms with van der Waals surface area (Å²) in [5.41, 5.74) is 0. The number of piperidine rings is 1. The fraction of sp³-hybridized carbons (Fsp3) is 1.00. The van der Waals surface area contributed by atoms with Gasteiger partial charge >= 0.3 is 0 Å². The molecule has 21 heavy (non-hydrogen) atoms. The van der Waals surface area contributed by atoms with Gasteiger partial charge in [-0.3, -0.25) is 0 Å². The van der Waals surface area contributed by atoms with Crippen molar-refractivity contribution in [2.45, 2.75) is 64.0 Å². The Bertz CT molecular complexity index is 386. The molecular formula is C15H30N2O3S. The Balaban J connectivity index is 1.71. The smallest absolute Gasteiger partial charge is 0.214 e. The van der Waals surface area contributed by atoms with Crippen LogP contribution in [-0.2, 0) is 14.8 Å². The van der Waals surface area contributed by atoms with Gasteiger partial charge in [-0.1, -0.05) is 13.3 Å². The standard InChI is InChI=1S/C15H30N2O3S/c1-2-3-9-17-10-7-14(8-11-17)16-21(18,19)13-15-6-4-5-12-20-15/h14-16H,2-13H2,1H3/t15-/m0/s1. The maximum Gasteiger partial charge on any atom is 0.214 e. The number of nitrogens with one attached hydrogen (secondary N) is 1. The molecule has 0 saturated carbocycles. The molecule has 6 heteroatoms. The van der Waals surface area contributed by atoms with Gasteiger partial charge in [0.05, 0.1) is 11.9 Å². The van der Waals surface area contributed by atoms with E-state index in [2.05, 4.69) is 16.5 Å². The number of sulfonamides is 1. The molecule has 2 fully saturated rings. The Hall–Kier alpha value is -0.170. The van der Waals surface area contributed by atoms with Crippen LogP contribution in [0.25, 0.3) is 0 Å². The highest BCUT2D eigenvalue weighted by Crippen LogP contribution is 2.16. The predicted octanol–water partition coefficient (Wildman–Crippen LogP) is 1.74. The zero-order valence-electron chi connectivity index (χ0n) is 13.2. The van der Waals surface area contributed by atoms with E-state index in [4.69, 9.17) is 4.74 Å². The molecule has 0 aromatic heterocycles. The van der Waals surface area contributed by atoms with Crippen LogP contribution < -0.4 is 4.72 Å². The molecule has 0 aliphatic carbocycles. The Kier molecular flexibility index (Phi) is 6.92. The summed E-state index contributed by atoms with van der Waals surface area (Å²) in [6, 6.07) is 0.108. The van der Waals surface area contributed by atoms with Gasteiger partial charge in [-0.25, -0.2) is 13.1 Å². The van der Waals surface area contributed by atoms with E-state index in [1.54, 1.807) is 0 Å². The molecule has 0 unspecified atom stereocenters. The summed E-state index contributed by atoms with van der Waals surface area (Å²) in [6.45, 7) is 6.07. The summed E-state index contributed by atoms with van der Waals surface area (Å²) in [5.74, 6) is 0.128. The molecule has 2 rings (SSSR count). The van der Waals surface area contributed by atoms with E-state index in [1.165, 1.54) is 12.8 Å². The van der Waals surface area contributed by atoms with Crippen molar-refractivity contribution in [2.75, 3.05) is 32.0 Å². The summed E-state index contributed by atoms with van der Waals surface area (Å²) in [6.07, 6.45) is 7.19. The molecule has 0 spiro atoms. The van der Waals surface area contributed by atoms with Crippen molar-refractivity contribution in [3.8, 4) is 0 Å². The number of hydrogen-bond donors (Lipinski definition) is 1. The van der Waals surface area contributed by atoms with Crippen LogP contribution in [0.4, 0.5) is 0 Å². The van der Waals surface area contributed by atoms with Crippen molar-refractivity contribution >= 4 is 10.0 Å². The van der Waals surface area contributed by atoms with Gasteiger partial charge in [-0.15, -0.1) is 0 Å². The number of hydrogen-bond acceptors (Lipinski definition) is 4. The molecule has 1 atom stereocenters. The minimum atomic E-state index is -3.21. The van der Waals surface area contributed by atoms with E-state index < -0.39 is 10.0 Å². The number of ether oxygens (including phenoxy) is 1. The molecule has 2 heterocycles. The highest BCUT2D eigenvalue weighted by molar-refractivity contribution is 7.89. The Morgan fingerprint density at radius 3 is 2.57 bits per heavy atom. The number of unbranched alkanes of at least 4 members (excludes halogenated alkanes) is 1. The molecule has 1 N–H and O–H groups in total. The van der Waals surface area contributed by atoms with Gasteiger partial charge in [0.2, 0.25) is 10.0 Å². The van der Waals surface area contributed by atoms with Gasteiger partial charge < -0.3 is 9.64 Å². The Labute approximate surface area is 129 Å².